The molecule has 84 valence electrons. The van der Waals surface area contributed by atoms with E-state index >= 15 is 0 Å². The number of hydrogen-bond acceptors (Lipinski definition) is 3. The van der Waals surface area contributed by atoms with Crippen LogP contribution < -0.4 is 0 Å². The molecule has 17 heavy (non-hydrogen) atoms. The lowest BCUT2D eigenvalue weighted by molar-refractivity contribution is 1.26. The van der Waals surface area contributed by atoms with Crippen LogP contribution in [-0.4, -0.2) is 21.2 Å². The van der Waals surface area contributed by atoms with Gasteiger partial charge in [0.25, 0.3) is 0 Å². The van der Waals surface area contributed by atoms with E-state index in [2.05, 4.69) is 45.5 Å². The van der Waals surface area contributed by atoms with E-state index in [-0.39, 0.29) is 0 Å². The average molecular weight is 241 g/mol. The highest BCUT2D eigenvalue weighted by atomic mass is 32.2. The van der Waals surface area contributed by atoms with Gasteiger partial charge in [0.15, 0.2) is 5.65 Å². The lowest BCUT2D eigenvalue weighted by Crippen LogP contribution is -1.78. The van der Waals surface area contributed by atoms with E-state index in [9.17, 15) is 0 Å². The van der Waals surface area contributed by atoms with Gasteiger partial charge in [0, 0.05) is 23.0 Å². The number of nitrogens with zero attached hydrogens (tertiary/aromatic N) is 2. The largest absolute Gasteiger partial charge is 0.338 e. The fraction of sp³-hybridized carbons (Fsp3) is 0.0769. The van der Waals surface area contributed by atoms with Gasteiger partial charge in [0.1, 0.15) is 5.52 Å². The molecular formula is C13H11N3S. The summed E-state index contributed by atoms with van der Waals surface area (Å²) in [5.74, 6) is 0. The molecule has 0 atom stereocenters. The summed E-state index contributed by atoms with van der Waals surface area (Å²) in [6.07, 6.45) is 5.47. The summed E-state index contributed by atoms with van der Waals surface area (Å²) in [5.41, 5.74) is 3.94. The molecule has 1 N–H and O–H groups in total. The Morgan fingerprint density at radius 1 is 1.06 bits per heavy atom. The van der Waals surface area contributed by atoms with Crippen LogP contribution in [0.5, 0.6) is 0 Å². The highest BCUT2D eigenvalue weighted by molar-refractivity contribution is 7.98. The first kappa shape index (κ1) is 10.4. The molecule has 0 aliphatic rings. The molecule has 0 radical (unpaired) electrons. The molecule has 2 heterocycles. The first-order valence-corrected chi connectivity index (χ1v) is 6.53. The van der Waals surface area contributed by atoms with Crippen molar-refractivity contribution in [1.82, 2.24) is 15.0 Å². The Bertz CT molecular complexity index is 610. The van der Waals surface area contributed by atoms with Gasteiger partial charge in [0.2, 0.25) is 0 Å². The molecule has 3 aromatic rings. The Hall–Kier alpha value is -1.81. The van der Waals surface area contributed by atoms with E-state index in [4.69, 9.17) is 0 Å². The van der Waals surface area contributed by atoms with Crippen LogP contribution in [0.15, 0.2) is 47.6 Å². The molecule has 0 fully saturated rings. The summed E-state index contributed by atoms with van der Waals surface area (Å²) in [6.45, 7) is 0. The van der Waals surface area contributed by atoms with E-state index in [1.165, 1.54) is 4.90 Å². The van der Waals surface area contributed by atoms with Gasteiger partial charge < -0.3 is 4.98 Å². The fourth-order valence-corrected chi connectivity index (χ4v) is 2.19. The minimum atomic E-state index is 0.830. The molecule has 0 saturated heterocycles. The standard InChI is InChI=1S/C13H11N3S/c1-17-10-4-2-9(3-5-10)11-8-12-13(16-11)15-7-6-14-12/h2-8H,1H3,(H,15,16). The van der Waals surface area contributed by atoms with E-state index in [1.807, 2.05) is 6.07 Å². The van der Waals surface area contributed by atoms with E-state index < -0.39 is 0 Å². The zero-order valence-electron chi connectivity index (χ0n) is 9.34. The van der Waals surface area contributed by atoms with Crippen molar-refractivity contribution >= 4 is 22.9 Å². The van der Waals surface area contributed by atoms with E-state index in [1.54, 1.807) is 24.2 Å². The topological polar surface area (TPSA) is 41.6 Å². The Morgan fingerprint density at radius 3 is 2.53 bits per heavy atom. The van der Waals surface area contributed by atoms with Crippen LogP contribution in [-0.2, 0) is 0 Å². The number of aromatic nitrogens is 3. The molecule has 4 heteroatoms. The van der Waals surface area contributed by atoms with Crippen molar-refractivity contribution in [2.45, 2.75) is 4.90 Å². The molecule has 0 amide bonds. The predicted molar refractivity (Wildman–Crippen MR) is 71.1 cm³/mol. The molecule has 2 aromatic heterocycles. The first-order chi connectivity index (χ1) is 8.36. The van der Waals surface area contributed by atoms with Crippen molar-refractivity contribution in [3.05, 3.63) is 42.7 Å². The maximum absolute atomic E-state index is 4.26. The number of thioether (sulfide) groups is 1. The zero-order chi connectivity index (χ0) is 11.7. The van der Waals surface area contributed by atoms with Crippen LogP contribution in [0.3, 0.4) is 0 Å². The molecule has 0 unspecified atom stereocenters. The zero-order valence-corrected chi connectivity index (χ0v) is 10.2. The van der Waals surface area contributed by atoms with Crippen LogP contribution in [0.2, 0.25) is 0 Å². The third kappa shape index (κ3) is 1.91. The third-order valence-corrected chi connectivity index (χ3v) is 3.41. The Morgan fingerprint density at radius 2 is 1.82 bits per heavy atom. The quantitative estimate of drug-likeness (QED) is 0.699. The van der Waals surface area contributed by atoms with Crippen LogP contribution in [0.25, 0.3) is 22.4 Å². The number of nitrogens with one attached hydrogen (secondary N) is 1. The van der Waals surface area contributed by atoms with Crippen LogP contribution in [0.4, 0.5) is 0 Å². The summed E-state index contributed by atoms with van der Waals surface area (Å²) in [4.78, 5) is 13.0. The number of H-pyrrole nitrogens is 1. The molecule has 0 aliphatic carbocycles. The molecule has 0 saturated carbocycles. The van der Waals surface area contributed by atoms with Gasteiger partial charge >= 0.3 is 0 Å². The molecular weight excluding hydrogens is 230 g/mol. The number of aromatic amines is 1. The van der Waals surface area contributed by atoms with Gasteiger partial charge in [-0.1, -0.05) is 12.1 Å². The highest BCUT2D eigenvalue weighted by Crippen LogP contribution is 2.24. The van der Waals surface area contributed by atoms with Gasteiger partial charge in [0.05, 0.1) is 0 Å². The second-order valence-corrected chi connectivity index (χ2v) is 4.58. The first-order valence-electron chi connectivity index (χ1n) is 5.31. The monoisotopic (exact) mass is 241 g/mol. The maximum atomic E-state index is 4.26. The minimum absolute atomic E-state index is 0.830. The van der Waals surface area contributed by atoms with Crippen molar-refractivity contribution in [3.8, 4) is 11.3 Å². The Labute approximate surface area is 103 Å². The molecule has 0 aliphatic heterocycles. The van der Waals surface area contributed by atoms with Gasteiger partial charge in [-0.3, -0.25) is 4.98 Å². The minimum Gasteiger partial charge on any atom is -0.338 e. The summed E-state index contributed by atoms with van der Waals surface area (Å²) in [6, 6.07) is 10.5. The number of hydrogen-bond donors (Lipinski definition) is 1. The van der Waals surface area contributed by atoms with Gasteiger partial charge in [-0.05, 0) is 30.0 Å². The van der Waals surface area contributed by atoms with Crippen LogP contribution in [0.1, 0.15) is 0 Å². The lowest BCUT2D eigenvalue weighted by atomic mass is 10.2. The average Bonchev–Trinajstić information content (AvgIpc) is 2.82. The molecule has 3 nitrogen and oxygen atoms in total. The second-order valence-electron chi connectivity index (χ2n) is 3.70. The SMILES string of the molecule is CSc1ccc(-c2cc3nccnc3[nH]2)cc1. The van der Waals surface area contributed by atoms with Gasteiger partial charge in [-0.2, -0.15) is 0 Å². The third-order valence-electron chi connectivity index (χ3n) is 2.66. The number of rotatable bonds is 2. The van der Waals surface area contributed by atoms with Crippen LogP contribution >= 0.6 is 11.8 Å². The Kier molecular flexibility index (Phi) is 2.57. The van der Waals surface area contributed by atoms with Gasteiger partial charge in [-0.15, -0.1) is 11.8 Å². The van der Waals surface area contributed by atoms with Crippen molar-refractivity contribution in [3.63, 3.8) is 0 Å². The van der Waals surface area contributed by atoms with E-state index in [0.29, 0.717) is 0 Å². The molecule has 1 aromatic carbocycles. The second kappa shape index (κ2) is 4.22. The molecule has 3 rings (SSSR count). The normalized spacial score (nSPS) is 10.9. The number of benzene rings is 1. The summed E-state index contributed by atoms with van der Waals surface area (Å²) in [7, 11) is 0. The van der Waals surface area contributed by atoms with Crippen molar-refractivity contribution in [2.24, 2.45) is 0 Å². The van der Waals surface area contributed by atoms with Crippen molar-refractivity contribution < 1.29 is 0 Å². The fourth-order valence-electron chi connectivity index (χ4n) is 1.78. The predicted octanol–water partition coefficient (Wildman–Crippen LogP) is 3.35. The summed E-state index contributed by atoms with van der Waals surface area (Å²) >= 11 is 1.74. The Balaban J connectivity index is 2.07. The highest BCUT2D eigenvalue weighted by Gasteiger charge is 2.04. The summed E-state index contributed by atoms with van der Waals surface area (Å²) < 4.78 is 0. The number of fused-ring (bicyclic) bond motifs is 1. The lowest BCUT2D eigenvalue weighted by Gasteiger charge is -1.99. The maximum Gasteiger partial charge on any atom is 0.156 e. The molecule has 0 bridgehead atoms. The molecule has 0 spiro atoms. The smallest absolute Gasteiger partial charge is 0.156 e. The van der Waals surface area contributed by atoms with E-state index in [0.717, 1.165) is 22.4 Å². The van der Waals surface area contributed by atoms with Crippen molar-refractivity contribution in [2.75, 3.05) is 6.26 Å². The van der Waals surface area contributed by atoms with Crippen molar-refractivity contribution in [1.29, 1.82) is 0 Å². The van der Waals surface area contributed by atoms with Gasteiger partial charge in [-0.25, -0.2) is 4.98 Å². The summed E-state index contributed by atoms with van der Waals surface area (Å²) in [5, 5.41) is 0. The van der Waals surface area contributed by atoms with Crippen LogP contribution in [0, 0.1) is 0 Å².